The second-order valence-corrected chi connectivity index (χ2v) is 10.3. The smallest absolute Gasteiger partial charge is 0.416 e. The van der Waals surface area contributed by atoms with Crippen LogP contribution in [0.1, 0.15) is 34.6 Å². The fourth-order valence-corrected chi connectivity index (χ4v) is 6.05. The van der Waals surface area contributed by atoms with E-state index < -0.39 is 23.7 Å². The van der Waals surface area contributed by atoms with Crippen molar-refractivity contribution in [2.75, 3.05) is 46.4 Å². The predicted molar refractivity (Wildman–Crippen MR) is 134 cm³/mol. The van der Waals surface area contributed by atoms with E-state index in [0.29, 0.717) is 39.3 Å². The van der Waals surface area contributed by atoms with Crippen LogP contribution >= 0.6 is 0 Å². The van der Waals surface area contributed by atoms with Crippen molar-refractivity contribution in [2.24, 2.45) is 4.99 Å². The van der Waals surface area contributed by atoms with Crippen LogP contribution < -0.4 is 10.1 Å². The third kappa shape index (κ3) is 4.50. The van der Waals surface area contributed by atoms with Gasteiger partial charge in [0.2, 0.25) is 0 Å². The summed E-state index contributed by atoms with van der Waals surface area (Å²) in [5.74, 6) is 0.480. The van der Waals surface area contributed by atoms with Gasteiger partial charge < -0.3 is 19.9 Å². The molecule has 1 N–H and O–H groups in total. The average molecular weight is 511 g/mol. The molecule has 2 aromatic rings. The largest absolute Gasteiger partial charge is 0.493 e. The Morgan fingerprint density at radius 3 is 2.81 bits per heavy atom. The van der Waals surface area contributed by atoms with Crippen LogP contribution in [0.25, 0.3) is 0 Å². The maximum absolute atomic E-state index is 13.7. The molecule has 2 amide bonds. The molecule has 0 saturated carbocycles. The molecule has 0 spiro atoms. The number of fused-ring (bicyclic) bond motifs is 1. The summed E-state index contributed by atoms with van der Waals surface area (Å²) in [6, 6.07) is 11.2. The molecule has 2 atom stereocenters. The Hall–Kier alpha value is -3.33. The van der Waals surface area contributed by atoms with E-state index in [1.54, 1.807) is 11.0 Å². The summed E-state index contributed by atoms with van der Waals surface area (Å²) in [5, 5.41) is 3.07. The van der Waals surface area contributed by atoms with Crippen LogP contribution in [0.2, 0.25) is 0 Å². The number of carbonyl (C=O) groups is 1. The molecule has 0 aromatic heterocycles. The molecule has 9 heteroatoms. The van der Waals surface area contributed by atoms with Crippen molar-refractivity contribution in [2.45, 2.75) is 31.0 Å². The number of halogens is 3. The van der Waals surface area contributed by atoms with Crippen molar-refractivity contribution in [3.8, 4) is 5.75 Å². The van der Waals surface area contributed by atoms with Gasteiger partial charge in [0, 0.05) is 44.1 Å². The molecule has 37 heavy (non-hydrogen) atoms. The van der Waals surface area contributed by atoms with Crippen LogP contribution in [-0.2, 0) is 12.6 Å². The molecule has 0 aliphatic carbocycles. The highest BCUT2D eigenvalue weighted by Crippen LogP contribution is 2.38. The summed E-state index contributed by atoms with van der Waals surface area (Å²) < 4.78 is 46.8. The second-order valence-electron chi connectivity index (χ2n) is 10.3. The van der Waals surface area contributed by atoms with E-state index in [1.807, 2.05) is 24.1 Å². The van der Waals surface area contributed by atoms with E-state index in [-0.39, 0.29) is 11.6 Å². The highest BCUT2D eigenvalue weighted by molar-refractivity contribution is 6.15. The Morgan fingerprint density at radius 1 is 1.14 bits per heavy atom. The van der Waals surface area contributed by atoms with Gasteiger partial charge in [-0.1, -0.05) is 18.2 Å². The van der Waals surface area contributed by atoms with Crippen LogP contribution in [0.15, 0.2) is 58.6 Å². The van der Waals surface area contributed by atoms with Crippen molar-refractivity contribution in [1.82, 2.24) is 15.1 Å². The summed E-state index contributed by atoms with van der Waals surface area (Å²) in [5.41, 5.74) is 5.09. The molecule has 0 bridgehead atoms. The van der Waals surface area contributed by atoms with Crippen molar-refractivity contribution in [1.29, 1.82) is 0 Å². The summed E-state index contributed by atoms with van der Waals surface area (Å²) in [6.07, 6.45) is -2.82. The number of ether oxygens (including phenoxy) is 1. The Balaban J connectivity index is 1.18. The number of carbonyl (C=O) groups excluding carboxylic acids is 1. The van der Waals surface area contributed by atoms with Crippen LogP contribution in [0.4, 0.5) is 18.0 Å². The van der Waals surface area contributed by atoms with Crippen molar-refractivity contribution >= 4 is 11.7 Å². The van der Waals surface area contributed by atoms with E-state index >= 15 is 0 Å². The Kier molecular flexibility index (Phi) is 5.98. The van der Waals surface area contributed by atoms with E-state index in [0.717, 1.165) is 41.5 Å². The number of likely N-dealkylation sites (N-methyl/N-ethyl adjacent to an activating group) is 1. The first-order valence-electron chi connectivity index (χ1n) is 12.7. The standard InChI is InChI=1S/C28H29F3N4O2/c1-34-14-22(20-4-2-3-5-23(20)28(29,30)31)24(16-34)33-27(36)35-10-8-19-13-32-26(21(19)15-35)18-6-7-25-17(12-18)9-11-37-25/h2-7,12,22,24H,8-11,13-16H2,1H3,(H,33,36). The van der Waals surface area contributed by atoms with Gasteiger partial charge in [-0.25, -0.2) is 4.79 Å². The number of hydrogen-bond donors (Lipinski definition) is 1. The lowest BCUT2D eigenvalue weighted by Crippen LogP contribution is -2.49. The van der Waals surface area contributed by atoms with E-state index in [4.69, 9.17) is 9.73 Å². The molecule has 4 aliphatic heterocycles. The maximum atomic E-state index is 13.7. The quantitative estimate of drug-likeness (QED) is 0.672. The topological polar surface area (TPSA) is 57.2 Å². The maximum Gasteiger partial charge on any atom is 0.416 e. The first-order valence-corrected chi connectivity index (χ1v) is 12.7. The zero-order chi connectivity index (χ0) is 25.7. The lowest BCUT2D eigenvalue weighted by molar-refractivity contribution is -0.138. The minimum atomic E-state index is -4.44. The molecule has 0 radical (unpaired) electrons. The third-order valence-corrected chi connectivity index (χ3v) is 7.90. The number of amides is 2. The van der Waals surface area contributed by atoms with E-state index in [2.05, 4.69) is 11.4 Å². The Morgan fingerprint density at radius 2 is 1.97 bits per heavy atom. The van der Waals surface area contributed by atoms with Crippen LogP contribution in [-0.4, -0.2) is 74.0 Å². The fraction of sp³-hybridized carbons (Fsp3) is 0.429. The minimum absolute atomic E-state index is 0.235. The highest BCUT2D eigenvalue weighted by Gasteiger charge is 2.41. The van der Waals surface area contributed by atoms with Crippen LogP contribution in [0, 0.1) is 0 Å². The molecule has 4 aliphatic rings. The zero-order valence-corrected chi connectivity index (χ0v) is 20.6. The van der Waals surface area contributed by atoms with Gasteiger partial charge in [0.1, 0.15) is 5.75 Å². The van der Waals surface area contributed by atoms with Gasteiger partial charge in [0.05, 0.1) is 30.5 Å². The Bertz CT molecular complexity index is 1300. The van der Waals surface area contributed by atoms with Crippen molar-refractivity contribution < 1.29 is 22.7 Å². The lowest BCUT2D eigenvalue weighted by atomic mass is 9.90. The number of rotatable bonds is 3. The SMILES string of the molecule is CN1CC(NC(=O)N2CCC3=C(C2)C(c2ccc4c(c2)CCO4)=NC3)C(c2ccccc2C(F)(F)F)C1. The number of nitrogens with zero attached hydrogens (tertiary/aromatic N) is 3. The molecule has 6 rings (SSSR count). The second kappa shape index (κ2) is 9.20. The minimum Gasteiger partial charge on any atom is -0.493 e. The third-order valence-electron chi connectivity index (χ3n) is 7.90. The van der Waals surface area contributed by atoms with E-state index in [1.165, 1.54) is 23.3 Å². The molecule has 4 heterocycles. The highest BCUT2D eigenvalue weighted by atomic mass is 19.4. The first-order chi connectivity index (χ1) is 17.8. The molecule has 1 fully saturated rings. The molecular formula is C28H29F3N4O2. The summed E-state index contributed by atoms with van der Waals surface area (Å²) in [4.78, 5) is 21.9. The molecule has 2 aromatic carbocycles. The number of hydrogen-bond acceptors (Lipinski definition) is 4. The van der Waals surface area contributed by atoms with Gasteiger partial charge in [-0.05, 0) is 60.0 Å². The van der Waals surface area contributed by atoms with Gasteiger partial charge in [0.15, 0.2) is 0 Å². The van der Waals surface area contributed by atoms with E-state index in [9.17, 15) is 18.0 Å². The van der Waals surface area contributed by atoms with Gasteiger partial charge in [-0.15, -0.1) is 0 Å². The number of alkyl halides is 3. The van der Waals surface area contributed by atoms with Gasteiger partial charge in [-0.2, -0.15) is 13.2 Å². The summed E-state index contributed by atoms with van der Waals surface area (Å²) in [6.45, 7) is 3.30. The number of nitrogens with one attached hydrogen (secondary N) is 1. The van der Waals surface area contributed by atoms with Crippen LogP contribution in [0.3, 0.4) is 0 Å². The molecule has 6 nitrogen and oxygen atoms in total. The van der Waals surface area contributed by atoms with Crippen LogP contribution in [0.5, 0.6) is 5.75 Å². The Labute approximate surface area is 213 Å². The number of likely N-dealkylation sites (tertiary alicyclic amines) is 1. The summed E-state index contributed by atoms with van der Waals surface area (Å²) >= 11 is 0. The van der Waals surface area contributed by atoms with Gasteiger partial charge in [0.25, 0.3) is 0 Å². The monoisotopic (exact) mass is 510 g/mol. The zero-order valence-electron chi connectivity index (χ0n) is 20.6. The van der Waals surface area contributed by atoms with Crippen molar-refractivity contribution in [3.63, 3.8) is 0 Å². The average Bonchev–Trinajstić information content (AvgIpc) is 3.60. The number of urea groups is 1. The van der Waals surface area contributed by atoms with Gasteiger partial charge >= 0.3 is 12.2 Å². The summed E-state index contributed by atoms with van der Waals surface area (Å²) in [7, 11) is 1.87. The molecule has 194 valence electrons. The lowest BCUT2D eigenvalue weighted by Gasteiger charge is -2.31. The fourth-order valence-electron chi connectivity index (χ4n) is 6.05. The van der Waals surface area contributed by atoms with Gasteiger partial charge in [-0.3, -0.25) is 4.99 Å². The molecule has 2 unspecified atom stereocenters. The molecular weight excluding hydrogens is 481 g/mol. The van der Waals surface area contributed by atoms with Crippen molar-refractivity contribution in [3.05, 3.63) is 75.9 Å². The molecule has 1 saturated heterocycles. The number of aliphatic imine (C=N–C) groups is 1. The predicted octanol–water partition coefficient (Wildman–Crippen LogP) is 4.25. The normalized spacial score (nSPS) is 23.6. The number of benzene rings is 2. The first kappa shape index (κ1) is 24.0.